The van der Waals surface area contributed by atoms with E-state index < -0.39 is 0 Å². The second kappa shape index (κ2) is 11.9. The van der Waals surface area contributed by atoms with E-state index in [9.17, 15) is 0 Å². The molecule has 0 radical (unpaired) electrons. The van der Waals surface area contributed by atoms with Gasteiger partial charge < -0.3 is 9.32 Å². The molecule has 9 aromatic carbocycles. The van der Waals surface area contributed by atoms with Crippen molar-refractivity contribution in [3.05, 3.63) is 188 Å². The standard InChI is InChI=1S/C50H31NOS/c1-2-16-32(17-3-1)47-37-22-6-4-18-33(37)34-19-5-7-23-39(34)49(47)51(43-28-14-26-40-36-21-10-13-31-46(36)53-50(40)43)42-27-11-8-20-35(42)38-25-15-30-45-48(38)41-24-9-12-29-44(41)52-45/h1-31H. The monoisotopic (exact) mass is 693 g/mol. The molecular weight excluding hydrogens is 663 g/mol. The van der Waals surface area contributed by atoms with Crippen molar-refractivity contribution in [3.8, 4) is 22.3 Å². The Hall–Kier alpha value is -6.68. The van der Waals surface area contributed by atoms with Crippen molar-refractivity contribution in [1.82, 2.24) is 0 Å². The summed E-state index contributed by atoms with van der Waals surface area (Å²) in [7, 11) is 0. The third-order valence-corrected chi connectivity index (χ3v) is 11.9. The zero-order valence-electron chi connectivity index (χ0n) is 28.7. The van der Waals surface area contributed by atoms with Gasteiger partial charge in [-0.1, -0.05) is 158 Å². The summed E-state index contributed by atoms with van der Waals surface area (Å²) in [5.41, 5.74) is 9.86. The Kier molecular flexibility index (Phi) is 6.76. The maximum absolute atomic E-state index is 6.45. The topological polar surface area (TPSA) is 16.4 Å². The molecular formula is C50H31NOS. The first-order valence-electron chi connectivity index (χ1n) is 18.0. The number of nitrogens with zero attached hydrogens (tertiary/aromatic N) is 1. The molecule has 0 aliphatic rings. The first-order chi connectivity index (χ1) is 26.3. The highest BCUT2D eigenvalue weighted by atomic mass is 32.1. The van der Waals surface area contributed by atoms with Gasteiger partial charge in [-0.3, -0.25) is 0 Å². The smallest absolute Gasteiger partial charge is 0.136 e. The van der Waals surface area contributed by atoms with Crippen molar-refractivity contribution in [2.45, 2.75) is 0 Å². The molecule has 0 atom stereocenters. The molecule has 53 heavy (non-hydrogen) atoms. The molecule has 0 aliphatic carbocycles. The zero-order chi connectivity index (χ0) is 34.9. The van der Waals surface area contributed by atoms with Gasteiger partial charge in [-0.2, -0.15) is 0 Å². The number of anilines is 3. The summed E-state index contributed by atoms with van der Waals surface area (Å²) in [6.07, 6.45) is 0. The third-order valence-electron chi connectivity index (χ3n) is 10.7. The summed E-state index contributed by atoms with van der Waals surface area (Å²) in [5.74, 6) is 0. The van der Waals surface area contributed by atoms with Crippen LogP contribution in [-0.4, -0.2) is 0 Å². The minimum atomic E-state index is 0.887. The molecule has 248 valence electrons. The summed E-state index contributed by atoms with van der Waals surface area (Å²) in [5, 5.41) is 9.68. The van der Waals surface area contributed by atoms with E-state index in [2.05, 4.69) is 187 Å². The normalized spacial score (nSPS) is 11.8. The van der Waals surface area contributed by atoms with Crippen LogP contribution in [-0.2, 0) is 0 Å². The van der Waals surface area contributed by atoms with Crippen molar-refractivity contribution in [1.29, 1.82) is 0 Å². The molecule has 0 unspecified atom stereocenters. The van der Waals surface area contributed by atoms with Crippen LogP contribution in [0, 0.1) is 0 Å². The number of rotatable bonds is 5. The Morgan fingerprint density at radius 2 is 0.943 bits per heavy atom. The third kappa shape index (κ3) is 4.58. The Labute approximate surface area is 310 Å². The van der Waals surface area contributed by atoms with Gasteiger partial charge >= 0.3 is 0 Å². The number of thiophene rings is 1. The van der Waals surface area contributed by atoms with Gasteiger partial charge in [0.15, 0.2) is 0 Å². The van der Waals surface area contributed by atoms with Crippen molar-refractivity contribution < 1.29 is 4.42 Å². The number of para-hydroxylation sites is 2. The molecule has 0 fully saturated rings. The number of furan rings is 1. The maximum atomic E-state index is 6.45. The lowest BCUT2D eigenvalue weighted by Crippen LogP contribution is -2.13. The number of fused-ring (bicyclic) bond motifs is 9. The Morgan fingerprint density at radius 1 is 0.377 bits per heavy atom. The minimum absolute atomic E-state index is 0.887. The molecule has 0 aliphatic heterocycles. The highest BCUT2D eigenvalue weighted by molar-refractivity contribution is 7.26. The quantitative estimate of drug-likeness (QED) is 0.167. The maximum Gasteiger partial charge on any atom is 0.136 e. The van der Waals surface area contributed by atoms with Crippen LogP contribution in [0.3, 0.4) is 0 Å². The lowest BCUT2D eigenvalue weighted by atomic mass is 9.89. The minimum Gasteiger partial charge on any atom is -0.456 e. The highest BCUT2D eigenvalue weighted by Crippen LogP contribution is 2.54. The summed E-state index contributed by atoms with van der Waals surface area (Å²) in [4.78, 5) is 2.56. The largest absolute Gasteiger partial charge is 0.456 e. The van der Waals surface area contributed by atoms with E-state index in [4.69, 9.17) is 4.42 Å². The molecule has 0 bridgehead atoms. The number of benzene rings is 9. The van der Waals surface area contributed by atoms with E-state index in [-0.39, 0.29) is 0 Å². The molecule has 2 heterocycles. The molecule has 0 saturated heterocycles. The summed E-state index contributed by atoms with van der Waals surface area (Å²) in [6.45, 7) is 0. The fraction of sp³-hybridized carbons (Fsp3) is 0. The van der Waals surface area contributed by atoms with Crippen molar-refractivity contribution in [2.24, 2.45) is 0 Å². The van der Waals surface area contributed by atoms with Gasteiger partial charge in [0.2, 0.25) is 0 Å². The molecule has 11 rings (SSSR count). The fourth-order valence-corrected chi connectivity index (χ4v) is 9.63. The van der Waals surface area contributed by atoms with Crippen LogP contribution in [0.2, 0.25) is 0 Å². The predicted molar refractivity (Wildman–Crippen MR) is 227 cm³/mol. The van der Waals surface area contributed by atoms with E-state index in [1.54, 1.807) is 0 Å². The first kappa shape index (κ1) is 30.0. The number of hydrogen-bond acceptors (Lipinski definition) is 3. The molecule has 2 aromatic heterocycles. The highest BCUT2D eigenvalue weighted by Gasteiger charge is 2.28. The zero-order valence-corrected chi connectivity index (χ0v) is 29.5. The number of hydrogen-bond donors (Lipinski definition) is 0. The van der Waals surface area contributed by atoms with Crippen LogP contribution >= 0.6 is 11.3 Å². The van der Waals surface area contributed by atoms with Gasteiger partial charge in [-0.15, -0.1) is 11.3 Å². The van der Waals surface area contributed by atoms with E-state index in [0.29, 0.717) is 0 Å². The molecule has 3 heteroatoms. The first-order valence-corrected chi connectivity index (χ1v) is 18.8. The predicted octanol–water partition coefficient (Wildman–Crippen LogP) is 15.1. The van der Waals surface area contributed by atoms with Crippen LogP contribution in [0.1, 0.15) is 0 Å². The second-order valence-electron chi connectivity index (χ2n) is 13.6. The van der Waals surface area contributed by atoms with Gasteiger partial charge in [0.25, 0.3) is 0 Å². The summed E-state index contributed by atoms with van der Waals surface area (Å²) >= 11 is 1.87. The average molecular weight is 694 g/mol. The van der Waals surface area contributed by atoms with Crippen LogP contribution < -0.4 is 4.90 Å². The van der Waals surface area contributed by atoms with Gasteiger partial charge in [0, 0.05) is 42.8 Å². The van der Waals surface area contributed by atoms with Crippen molar-refractivity contribution >= 4 is 92.1 Å². The van der Waals surface area contributed by atoms with E-state index in [1.807, 2.05) is 17.4 Å². The van der Waals surface area contributed by atoms with Crippen molar-refractivity contribution in [2.75, 3.05) is 4.90 Å². The molecule has 0 N–H and O–H groups in total. The molecule has 2 nitrogen and oxygen atoms in total. The van der Waals surface area contributed by atoms with Gasteiger partial charge in [0.05, 0.1) is 21.8 Å². The summed E-state index contributed by atoms with van der Waals surface area (Å²) in [6, 6.07) is 68.0. The lowest BCUT2D eigenvalue weighted by Gasteiger charge is -2.32. The molecule has 0 saturated carbocycles. The lowest BCUT2D eigenvalue weighted by molar-refractivity contribution is 0.669. The van der Waals surface area contributed by atoms with Crippen LogP contribution in [0.4, 0.5) is 17.1 Å². The van der Waals surface area contributed by atoms with Crippen LogP contribution in [0.25, 0.3) is 85.9 Å². The van der Waals surface area contributed by atoms with Crippen molar-refractivity contribution in [3.63, 3.8) is 0 Å². The van der Waals surface area contributed by atoms with Gasteiger partial charge in [-0.25, -0.2) is 0 Å². The SMILES string of the molecule is c1ccc(-c2c(N(c3ccccc3-c3cccc4oc5ccccc5c34)c3cccc4c3sc3ccccc34)c3ccccc3c3ccccc23)cc1. The summed E-state index contributed by atoms with van der Waals surface area (Å²) < 4.78 is 8.98. The second-order valence-corrected chi connectivity index (χ2v) is 14.6. The molecule has 11 aromatic rings. The van der Waals surface area contributed by atoms with Gasteiger partial charge in [-0.05, 0) is 57.6 Å². The van der Waals surface area contributed by atoms with Crippen LogP contribution in [0.15, 0.2) is 192 Å². The Morgan fingerprint density at radius 3 is 1.79 bits per heavy atom. The molecule has 0 amide bonds. The Bertz CT molecular complexity index is 3190. The fourth-order valence-electron chi connectivity index (χ4n) is 8.43. The van der Waals surface area contributed by atoms with E-state index in [0.717, 1.165) is 50.1 Å². The average Bonchev–Trinajstić information content (AvgIpc) is 3.81. The Balaban J connectivity index is 1.34. The molecule has 0 spiro atoms. The van der Waals surface area contributed by atoms with E-state index >= 15 is 0 Å². The van der Waals surface area contributed by atoms with E-state index in [1.165, 1.54) is 52.8 Å². The van der Waals surface area contributed by atoms with Crippen LogP contribution in [0.5, 0.6) is 0 Å². The van der Waals surface area contributed by atoms with Gasteiger partial charge in [0.1, 0.15) is 11.2 Å².